The van der Waals surface area contributed by atoms with Crippen LogP contribution < -0.4 is 0 Å². The summed E-state index contributed by atoms with van der Waals surface area (Å²) in [5, 5.41) is 10.1. The summed E-state index contributed by atoms with van der Waals surface area (Å²) in [6.07, 6.45) is -9.11. The fourth-order valence-corrected chi connectivity index (χ4v) is 1.07. The van der Waals surface area contributed by atoms with Crippen molar-refractivity contribution in [2.45, 2.75) is 12.6 Å². The molecule has 1 heterocycles. The zero-order valence-electron chi connectivity index (χ0n) is 7.63. The highest BCUT2D eigenvalue weighted by Gasteiger charge is 2.43. The summed E-state index contributed by atoms with van der Waals surface area (Å²) in [6.45, 7) is 0. The number of rotatable bonds is 2. The van der Waals surface area contributed by atoms with Crippen molar-refractivity contribution in [2.24, 2.45) is 0 Å². The summed E-state index contributed by atoms with van der Waals surface area (Å²) in [5.41, 5.74) is -4.10. The predicted molar refractivity (Wildman–Crippen MR) is 40.8 cm³/mol. The van der Waals surface area contributed by atoms with Crippen molar-refractivity contribution in [3.05, 3.63) is 33.3 Å². The SMILES string of the molecule is O=[N+]([O-])c1cc(C(F)F)c(C(F)(F)F)c(F)n1. The molecule has 94 valence electrons. The van der Waals surface area contributed by atoms with Crippen LogP contribution >= 0.6 is 0 Å². The van der Waals surface area contributed by atoms with Crippen LogP contribution in [-0.2, 0) is 6.18 Å². The molecule has 0 aliphatic rings. The zero-order valence-corrected chi connectivity index (χ0v) is 7.63. The Morgan fingerprint density at radius 2 is 1.88 bits per heavy atom. The van der Waals surface area contributed by atoms with Gasteiger partial charge in [-0.1, -0.05) is 0 Å². The molecule has 0 amide bonds. The quantitative estimate of drug-likeness (QED) is 0.355. The van der Waals surface area contributed by atoms with Gasteiger partial charge < -0.3 is 10.1 Å². The molecule has 0 saturated carbocycles. The molecule has 0 N–H and O–H groups in total. The topological polar surface area (TPSA) is 56.0 Å². The van der Waals surface area contributed by atoms with Gasteiger partial charge in [-0.15, -0.1) is 0 Å². The van der Waals surface area contributed by atoms with E-state index in [0.29, 0.717) is 0 Å². The van der Waals surface area contributed by atoms with Gasteiger partial charge in [0.1, 0.15) is 5.56 Å². The van der Waals surface area contributed by atoms with Crippen molar-refractivity contribution in [2.75, 3.05) is 0 Å². The van der Waals surface area contributed by atoms with E-state index < -0.39 is 40.4 Å². The fraction of sp³-hybridized carbons (Fsp3) is 0.286. The number of aromatic nitrogens is 1. The minimum absolute atomic E-state index is 0.101. The van der Waals surface area contributed by atoms with Gasteiger partial charge in [0, 0.05) is 11.6 Å². The average molecular weight is 260 g/mol. The van der Waals surface area contributed by atoms with Gasteiger partial charge in [0.25, 0.3) is 6.43 Å². The number of hydrogen-bond acceptors (Lipinski definition) is 3. The summed E-state index contributed by atoms with van der Waals surface area (Å²) in [4.78, 5) is 11.1. The Morgan fingerprint density at radius 3 is 2.24 bits per heavy atom. The lowest BCUT2D eigenvalue weighted by Crippen LogP contribution is -2.15. The molecule has 1 aromatic rings. The van der Waals surface area contributed by atoms with E-state index in [4.69, 9.17) is 0 Å². The molecule has 0 radical (unpaired) electrons. The van der Waals surface area contributed by atoms with Gasteiger partial charge in [-0.25, -0.2) is 8.78 Å². The average Bonchev–Trinajstić information content (AvgIpc) is 2.13. The van der Waals surface area contributed by atoms with Gasteiger partial charge in [0.05, 0.1) is 0 Å². The van der Waals surface area contributed by atoms with Crippen molar-refractivity contribution < 1.29 is 31.3 Å². The molecule has 0 aliphatic heterocycles. The van der Waals surface area contributed by atoms with Crippen LogP contribution in [0, 0.1) is 16.1 Å². The minimum atomic E-state index is -5.40. The lowest BCUT2D eigenvalue weighted by Gasteiger charge is -2.10. The van der Waals surface area contributed by atoms with Crippen molar-refractivity contribution in [1.29, 1.82) is 0 Å². The van der Waals surface area contributed by atoms with Gasteiger partial charge in [-0.2, -0.15) is 17.6 Å². The molecule has 0 atom stereocenters. The van der Waals surface area contributed by atoms with Crippen molar-refractivity contribution >= 4 is 5.82 Å². The molecular weight excluding hydrogens is 258 g/mol. The maximum absolute atomic E-state index is 12.9. The van der Waals surface area contributed by atoms with Crippen LogP contribution in [0.3, 0.4) is 0 Å². The molecular formula is C7H2F6N2O2. The summed E-state index contributed by atoms with van der Waals surface area (Å²) in [7, 11) is 0. The number of nitro groups is 1. The second kappa shape index (κ2) is 4.18. The van der Waals surface area contributed by atoms with Gasteiger partial charge >= 0.3 is 17.9 Å². The van der Waals surface area contributed by atoms with Crippen molar-refractivity contribution in [1.82, 2.24) is 4.98 Å². The molecule has 1 rings (SSSR count). The Hall–Kier alpha value is -1.87. The predicted octanol–water partition coefficient (Wildman–Crippen LogP) is 3.09. The normalized spacial score (nSPS) is 11.9. The Morgan fingerprint density at radius 1 is 1.35 bits per heavy atom. The summed E-state index contributed by atoms with van der Waals surface area (Å²) < 4.78 is 74.0. The van der Waals surface area contributed by atoms with E-state index >= 15 is 0 Å². The minimum Gasteiger partial charge on any atom is -0.358 e. The Bertz CT molecular complexity index is 458. The molecule has 0 fully saturated rings. The monoisotopic (exact) mass is 260 g/mol. The molecule has 10 heteroatoms. The molecule has 0 saturated heterocycles. The standard InChI is InChI=1S/C7H2F6N2O2/c8-5(9)2-1-3(15(16)17)14-6(10)4(2)7(11,12)13/h1,5H. The molecule has 0 bridgehead atoms. The van der Waals surface area contributed by atoms with E-state index in [1.54, 1.807) is 0 Å². The van der Waals surface area contributed by atoms with E-state index in [-0.39, 0.29) is 6.07 Å². The molecule has 0 aliphatic carbocycles. The third-order valence-electron chi connectivity index (χ3n) is 1.70. The summed E-state index contributed by atoms with van der Waals surface area (Å²) >= 11 is 0. The number of alkyl halides is 5. The number of nitrogens with zero attached hydrogens (tertiary/aromatic N) is 2. The third-order valence-corrected chi connectivity index (χ3v) is 1.70. The van der Waals surface area contributed by atoms with Gasteiger partial charge in [-0.3, -0.25) is 0 Å². The number of hydrogen-bond donors (Lipinski definition) is 0. The highest BCUT2D eigenvalue weighted by molar-refractivity contribution is 5.36. The maximum Gasteiger partial charge on any atom is 0.423 e. The summed E-state index contributed by atoms with van der Waals surface area (Å²) in [5.74, 6) is -3.76. The summed E-state index contributed by atoms with van der Waals surface area (Å²) in [6, 6.07) is -0.101. The number of halogens is 6. The number of pyridine rings is 1. The van der Waals surface area contributed by atoms with Gasteiger partial charge in [0.15, 0.2) is 0 Å². The van der Waals surface area contributed by atoms with Crippen molar-refractivity contribution in [3.63, 3.8) is 0 Å². The fourth-order valence-electron chi connectivity index (χ4n) is 1.07. The van der Waals surface area contributed by atoms with Crippen LogP contribution in [0.2, 0.25) is 0 Å². The largest absolute Gasteiger partial charge is 0.423 e. The van der Waals surface area contributed by atoms with Gasteiger partial charge in [-0.05, 0) is 9.91 Å². The second-order valence-corrected chi connectivity index (χ2v) is 2.79. The van der Waals surface area contributed by atoms with Crippen LogP contribution in [0.25, 0.3) is 0 Å². The first-order valence-corrected chi connectivity index (χ1v) is 3.84. The van der Waals surface area contributed by atoms with E-state index in [1.807, 2.05) is 0 Å². The Balaban J connectivity index is 3.55. The first kappa shape index (κ1) is 13.2. The molecule has 0 unspecified atom stereocenters. The third kappa shape index (κ3) is 2.63. The molecule has 1 aromatic heterocycles. The molecule has 0 aromatic carbocycles. The van der Waals surface area contributed by atoms with E-state index in [9.17, 15) is 36.5 Å². The molecule has 4 nitrogen and oxygen atoms in total. The van der Waals surface area contributed by atoms with Gasteiger partial charge in [0.2, 0.25) is 0 Å². The van der Waals surface area contributed by atoms with Crippen LogP contribution in [0.1, 0.15) is 17.6 Å². The molecule has 17 heavy (non-hydrogen) atoms. The first-order chi connectivity index (χ1) is 7.64. The van der Waals surface area contributed by atoms with E-state index in [1.165, 1.54) is 0 Å². The Kier molecular flexibility index (Phi) is 3.25. The van der Waals surface area contributed by atoms with Crippen LogP contribution in [0.5, 0.6) is 0 Å². The Labute approximate surface area is 89.0 Å². The first-order valence-electron chi connectivity index (χ1n) is 3.84. The lowest BCUT2D eigenvalue weighted by molar-refractivity contribution is -0.390. The van der Waals surface area contributed by atoms with Crippen LogP contribution in [0.15, 0.2) is 6.07 Å². The van der Waals surface area contributed by atoms with Crippen molar-refractivity contribution in [3.8, 4) is 0 Å². The zero-order chi connectivity index (χ0) is 13.4. The maximum atomic E-state index is 12.9. The highest BCUT2D eigenvalue weighted by Crippen LogP contribution is 2.38. The highest BCUT2D eigenvalue weighted by atomic mass is 19.4. The van der Waals surface area contributed by atoms with Crippen LogP contribution in [-0.4, -0.2) is 9.91 Å². The van der Waals surface area contributed by atoms with E-state index in [0.717, 1.165) is 0 Å². The smallest absolute Gasteiger partial charge is 0.358 e. The molecule has 0 spiro atoms. The van der Waals surface area contributed by atoms with Crippen LogP contribution in [0.4, 0.5) is 32.2 Å². The van der Waals surface area contributed by atoms with E-state index in [2.05, 4.69) is 4.98 Å². The second-order valence-electron chi connectivity index (χ2n) is 2.79. The lowest BCUT2D eigenvalue weighted by atomic mass is 10.1.